The Morgan fingerprint density at radius 1 is 1.02 bits per heavy atom. The van der Waals surface area contributed by atoms with Gasteiger partial charge in [-0.2, -0.15) is 0 Å². The molecular weight excluding hydrogens is 657 g/mol. The number of amides is 1. The topological polar surface area (TPSA) is 166 Å². The van der Waals surface area contributed by atoms with Crippen LogP contribution in [0, 0.1) is 0 Å². The van der Waals surface area contributed by atoms with E-state index in [1.54, 1.807) is 66.7 Å². The van der Waals surface area contributed by atoms with Crippen LogP contribution in [-0.2, 0) is 32.5 Å². The van der Waals surface area contributed by atoms with Crippen molar-refractivity contribution in [3.05, 3.63) is 136 Å². The Balaban J connectivity index is 1.58. The largest absolute Gasteiger partial charge is 0.494 e. The number of rotatable bonds is 16. The Labute approximate surface area is 291 Å². The van der Waals surface area contributed by atoms with Gasteiger partial charge in [0.15, 0.2) is 21.5 Å². The number of sulfone groups is 1. The first-order valence-electron chi connectivity index (χ1n) is 16.2. The second-order valence-electron chi connectivity index (χ2n) is 12.0. The molecule has 0 fully saturated rings. The number of nitrogens with one attached hydrogen (secondary N) is 1. The summed E-state index contributed by atoms with van der Waals surface area (Å²) < 4.78 is 39.6. The van der Waals surface area contributed by atoms with Crippen molar-refractivity contribution in [2.24, 2.45) is 10.1 Å². The van der Waals surface area contributed by atoms with E-state index in [4.69, 9.17) is 25.1 Å². The molecule has 1 aliphatic heterocycles. The number of nitrogens with zero attached hydrogens (tertiary/aromatic N) is 5. The Bertz CT molecular complexity index is 1950. The number of carbonyl (C=O) groups excluding carboxylic acids is 1. The highest BCUT2D eigenvalue weighted by molar-refractivity contribution is 7.91. The van der Waals surface area contributed by atoms with E-state index >= 15 is 0 Å². The Morgan fingerprint density at radius 3 is 2.40 bits per heavy atom. The highest BCUT2D eigenvalue weighted by Gasteiger charge is 2.54. The first kappa shape index (κ1) is 35.9. The number of hydrogen-bond acceptors (Lipinski definition) is 9. The van der Waals surface area contributed by atoms with E-state index < -0.39 is 33.1 Å². The van der Waals surface area contributed by atoms with E-state index in [1.165, 1.54) is 12.1 Å². The molecule has 13 heteroatoms. The molecule has 4 aromatic carbocycles. The molecule has 0 bridgehead atoms. The summed E-state index contributed by atoms with van der Waals surface area (Å²) >= 11 is 0. The van der Waals surface area contributed by atoms with Crippen molar-refractivity contribution >= 4 is 27.3 Å². The van der Waals surface area contributed by atoms with Gasteiger partial charge in [0.2, 0.25) is 5.90 Å². The first-order chi connectivity index (χ1) is 24.2. The van der Waals surface area contributed by atoms with Gasteiger partial charge in [0, 0.05) is 56.3 Å². The molecule has 2 N–H and O–H groups in total. The van der Waals surface area contributed by atoms with Gasteiger partial charge in [-0.25, -0.2) is 13.4 Å². The van der Waals surface area contributed by atoms with Gasteiger partial charge in [0.05, 0.1) is 23.8 Å². The highest BCUT2D eigenvalue weighted by atomic mass is 32.2. The van der Waals surface area contributed by atoms with Gasteiger partial charge in [-0.05, 0) is 70.8 Å². The number of aliphatic imine (C=N–C) groups is 1. The maximum Gasteiger partial charge on any atom is 0.252 e. The van der Waals surface area contributed by atoms with E-state index in [0.717, 1.165) is 11.3 Å². The summed E-state index contributed by atoms with van der Waals surface area (Å²) in [5, 5.41) is 15.9. The molecule has 0 aliphatic carbocycles. The Kier molecular flexibility index (Phi) is 11.8. The molecule has 2 atom stereocenters. The third-order valence-corrected chi connectivity index (χ3v) is 10.2. The Morgan fingerprint density at radius 2 is 1.72 bits per heavy atom. The standard InChI is InChI=1S/C37H40N6O6S/c1-43(2)30-17-13-27(14-18-30)25-39-36(45)37(21-24-50(46,47)32-10-4-3-5-11-32)34(33-12-7-6-9-29(33)26-40-42-38)49-35(41-37)28-15-19-31(20-16-28)48-23-8-22-44/h3-7,9-20,34,44H,8,21-26H2,1-2H3,(H,39,45)/t34-,37-/m1/s1. The fourth-order valence-corrected chi connectivity index (χ4v) is 7.06. The van der Waals surface area contributed by atoms with Crippen LogP contribution in [0.15, 0.2) is 118 Å². The minimum atomic E-state index is -3.84. The molecule has 5 rings (SSSR count). The molecule has 1 aliphatic rings. The average Bonchev–Trinajstić information content (AvgIpc) is 3.54. The van der Waals surface area contributed by atoms with Crippen LogP contribution in [0.1, 0.15) is 41.2 Å². The van der Waals surface area contributed by atoms with Gasteiger partial charge in [-0.15, -0.1) is 0 Å². The molecule has 4 aromatic rings. The number of ether oxygens (including phenoxy) is 2. The summed E-state index contributed by atoms with van der Waals surface area (Å²) in [7, 11) is 0.0454. The van der Waals surface area contributed by atoms with Crippen molar-refractivity contribution in [3.8, 4) is 5.75 Å². The van der Waals surface area contributed by atoms with Crippen LogP contribution in [0.3, 0.4) is 0 Å². The third kappa shape index (κ3) is 8.43. The molecule has 0 spiro atoms. The van der Waals surface area contributed by atoms with E-state index in [9.17, 15) is 13.2 Å². The maximum absolute atomic E-state index is 14.6. The van der Waals surface area contributed by atoms with Gasteiger partial charge in [0.1, 0.15) is 5.75 Å². The van der Waals surface area contributed by atoms with Crippen molar-refractivity contribution < 1.29 is 27.8 Å². The number of hydrogen-bond donors (Lipinski definition) is 2. The van der Waals surface area contributed by atoms with E-state index in [0.29, 0.717) is 35.5 Å². The molecule has 1 heterocycles. The summed E-state index contributed by atoms with van der Waals surface area (Å²) in [5.74, 6) is -0.178. The van der Waals surface area contributed by atoms with Crippen molar-refractivity contribution in [1.29, 1.82) is 0 Å². The molecule has 260 valence electrons. The zero-order valence-corrected chi connectivity index (χ0v) is 28.8. The molecule has 0 saturated carbocycles. The fraction of sp³-hybridized carbons (Fsp3) is 0.297. The van der Waals surface area contributed by atoms with E-state index in [1.807, 2.05) is 43.3 Å². The van der Waals surface area contributed by atoms with Gasteiger partial charge >= 0.3 is 0 Å². The molecular formula is C37H40N6O6S. The lowest BCUT2D eigenvalue weighted by atomic mass is 9.83. The number of aliphatic hydroxyl groups excluding tert-OH is 1. The zero-order chi connectivity index (χ0) is 35.6. The summed E-state index contributed by atoms with van der Waals surface area (Å²) in [5.41, 5.74) is 10.9. The monoisotopic (exact) mass is 696 g/mol. The lowest BCUT2D eigenvalue weighted by molar-refractivity contribution is -0.129. The fourth-order valence-electron chi connectivity index (χ4n) is 5.67. The van der Waals surface area contributed by atoms with Crippen molar-refractivity contribution in [2.75, 3.05) is 38.0 Å². The van der Waals surface area contributed by atoms with Crippen molar-refractivity contribution in [2.45, 2.75) is 42.5 Å². The van der Waals surface area contributed by atoms with Gasteiger partial charge < -0.3 is 24.8 Å². The zero-order valence-electron chi connectivity index (χ0n) is 28.0. The number of azide groups is 1. The van der Waals surface area contributed by atoms with Crippen LogP contribution < -0.4 is 15.0 Å². The minimum Gasteiger partial charge on any atom is -0.494 e. The van der Waals surface area contributed by atoms with Gasteiger partial charge in [0.25, 0.3) is 5.91 Å². The van der Waals surface area contributed by atoms with Gasteiger partial charge in [-0.1, -0.05) is 59.7 Å². The Hall–Kier alpha value is -5.36. The minimum absolute atomic E-state index is 0.0107. The summed E-state index contributed by atoms with van der Waals surface area (Å²) in [6.45, 7) is 0.503. The second kappa shape index (κ2) is 16.4. The van der Waals surface area contributed by atoms with Crippen molar-refractivity contribution in [1.82, 2.24) is 5.32 Å². The smallest absolute Gasteiger partial charge is 0.252 e. The normalized spacial score (nSPS) is 16.9. The van der Waals surface area contributed by atoms with Gasteiger partial charge in [-0.3, -0.25) is 4.79 Å². The lowest BCUT2D eigenvalue weighted by Crippen LogP contribution is -2.49. The average molecular weight is 697 g/mol. The molecule has 50 heavy (non-hydrogen) atoms. The van der Waals surface area contributed by atoms with Crippen LogP contribution in [0.2, 0.25) is 0 Å². The molecule has 0 aromatic heterocycles. The SMILES string of the molecule is CN(C)c1ccc(CNC(=O)[C@]2(CCS(=O)(=O)c3ccccc3)N=C(c3ccc(OCCCO)cc3)O[C@@H]2c2ccccc2CN=[N+]=[N-])cc1. The molecule has 0 unspecified atom stereocenters. The summed E-state index contributed by atoms with van der Waals surface area (Å²) in [6, 6.07) is 29.9. The highest BCUT2D eigenvalue weighted by Crippen LogP contribution is 2.44. The third-order valence-electron chi connectivity index (χ3n) is 8.43. The number of anilines is 1. The summed E-state index contributed by atoms with van der Waals surface area (Å²) in [6.07, 6.45) is -0.787. The number of benzene rings is 4. The predicted octanol–water partition coefficient (Wildman–Crippen LogP) is 5.76. The molecule has 1 amide bonds. The van der Waals surface area contributed by atoms with Crippen LogP contribution in [0.5, 0.6) is 5.75 Å². The van der Waals surface area contributed by atoms with Crippen molar-refractivity contribution in [3.63, 3.8) is 0 Å². The predicted molar refractivity (Wildman–Crippen MR) is 192 cm³/mol. The van der Waals surface area contributed by atoms with E-state index in [2.05, 4.69) is 15.3 Å². The van der Waals surface area contributed by atoms with Crippen LogP contribution in [0.4, 0.5) is 5.69 Å². The first-order valence-corrected chi connectivity index (χ1v) is 17.8. The quantitative estimate of drug-likeness (QED) is 0.0650. The van der Waals surface area contributed by atoms with Crippen LogP contribution in [-0.4, -0.2) is 63.9 Å². The number of aliphatic hydroxyl groups is 1. The van der Waals surface area contributed by atoms with E-state index in [-0.39, 0.29) is 36.9 Å². The number of carbonyl (C=O) groups is 1. The lowest BCUT2D eigenvalue weighted by Gasteiger charge is -2.31. The summed E-state index contributed by atoms with van der Waals surface area (Å²) in [4.78, 5) is 24.6. The van der Waals surface area contributed by atoms with Crippen LogP contribution in [0.25, 0.3) is 10.4 Å². The van der Waals surface area contributed by atoms with Crippen LogP contribution >= 0.6 is 0 Å². The molecule has 0 saturated heterocycles. The second-order valence-corrected chi connectivity index (χ2v) is 14.1. The molecule has 0 radical (unpaired) electrons. The molecule has 12 nitrogen and oxygen atoms in total. The maximum atomic E-state index is 14.6.